The Hall–Kier alpha value is -1.76. The van der Waals surface area contributed by atoms with Crippen LogP contribution in [0, 0.1) is 5.92 Å². The van der Waals surface area contributed by atoms with Gasteiger partial charge < -0.3 is 5.73 Å². The quantitative estimate of drug-likeness (QED) is 0.753. The Labute approximate surface area is 116 Å². The molecule has 0 fully saturated rings. The lowest BCUT2D eigenvalue weighted by Crippen LogP contribution is -1.96. The second-order valence-electron chi connectivity index (χ2n) is 5.31. The van der Waals surface area contributed by atoms with Gasteiger partial charge in [0.05, 0.1) is 0 Å². The summed E-state index contributed by atoms with van der Waals surface area (Å²) in [7, 11) is 0. The van der Waals surface area contributed by atoms with Crippen LogP contribution in [-0.2, 0) is 0 Å². The summed E-state index contributed by atoms with van der Waals surface area (Å²) in [5.74, 6) is 0.580. The molecule has 1 heteroatoms. The van der Waals surface area contributed by atoms with Crippen molar-refractivity contribution in [1.29, 1.82) is 0 Å². The van der Waals surface area contributed by atoms with E-state index in [1.165, 1.54) is 16.7 Å². The molecule has 2 rings (SSSR count). The smallest absolute Gasteiger partial charge is 0.0387 e. The maximum atomic E-state index is 5.93. The molecule has 0 amide bonds. The first-order valence-corrected chi connectivity index (χ1v) is 7.02. The van der Waals surface area contributed by atoms with E-state index in [1.54, 1.807) is 0 Å². The first kappa shape index (κ1) is 13.7. The van der Waals surface area contributed by atoms with Gasteiger partial charge in [0.2, 0.25) is 0 Å². The zero-order valence-electron chi connectivity index (χ0n) is 11.9. The maximum Gasteiger partial charge on any atom is 0.0387 e. The molecule has 1 aromatic rings. The van der Waals surface area contributed by atoms with E-state index in [2.05, 4.69) is 38.6 Å². The zero-order chi connectivity index (χ0) is 13.8. The van der Waals surface area contributed by atoms with Gasteiger partial charge in [0.15, 0.2) is 0 Å². The molecule has 1 aromatic carbocycles. The molecule has 100 valence electrons. The lowest BCUT2D eigenvalue weighted by atomic mass is 9.95. The predicted octanol–water partition coefficient (Wildman–Crippen LogP) is 4.97. The van der Waals surface area contributed by atoms with Gasteiger partial charge in [-0.2, -0.15) is 0 Å². The van der Waals surface area contributed by atoms with E-state index >= 15 is 0 Å². The van der Waals surface area contributed by atoms with Crippen molar-refractivity contribution in [3.8, 4) is 0 Å². The number of rotatable bonds is 4. The van der Waals surface area contributed by atoms with E-state index in [9.17, 15) is 0 Å². The lowest BCUT2D eigenvalue weighted by molar-refractivity contribution is 0.658. The number of anilines is 1. The summed E-state index contributed by atoms with van der Waals surface area (Å²) in [6.45, 7) is 8.72. The summed E-state index contributed by atoms with van der Waals surface area (Å²) in [6, 6.07) is 7.98. The summed E-state index contributed by atoms with van der Waals surface area (Å²) >= 11 is 0. The molecule has 0 heterocycles. The molecule has 0 spiro atoms. The topological polar surface area (TPSA) is 26.0 Å². The van der Waals surface area contributed by atoms with Crippen LogP contribution in [0.2, 0.25) is 0 Å². The third kappa shape index (κ3) is 2.98. The van der Waals surface area contributed by atoms with Crippen LogP contribution in [0.3, 0.4) is 0 Å². The van der Waals surface area contributed by atoms with Gasteiger partial charge in [-0.1, -0.05) is 49.4 Å². The van der Waals surface area contributed by atoms with Crippen LogP contribution in [0.4, 0.5) is 5.69 Å². The zero-order valence-corrected chi connectivity index (χ0v) is 11.9. The van der Waals surface area contributed by atoms with Crippen LogP contribution < -0.4 is 5.73 Å². The number of benzene rings is 1. The van der Waals surface area contributed by atoms with Crippen molar-refractivity contribution in [2.24, 2.45) is 5.92 Å². The van der Waals surface area contributed by atoms with Crippen molar-refractivity contribution in [3.63, 3.8) is 0 Å². The number of nitrogen functional groups attached to an aromatic ring is 1. The monoisotopic (exact) mass is 253 g/mol. The van der Waals surface area contributed by atoms with E-state index in [-0.39, 0.29) is 0 Å². The van der Waals surface area contributed by atoms with Crippen LogP contribution in [0.1, 0.15) is 38.7 Å². The van der Waals surface area contributed by atoms with Gasteiger partial charge >= 0.3 is 0 Å². The fraction of sp³-hybridized carbons (Fsp3) is 0.333. The lowest BCUT2D eigenvalue weighted by Gasteiger charge is -2.10. The maximum absolute atomic E-state index is 5.93. The first-order valence-electron chi connectivity index (χ1n) is 7.02. The fourth-order valence-corrected chi connectivity index (χ4v) is 2.91. The minimum atomic E-state index is 0.580. The number of hydrogen-bond acceptors (Lipinski definition) is 1. The molecule has 1 unspecified atom stereocenters. The molecule has 0 bridgehead atoms. The molecule has 1 aliphatic carbocycles. The molecule has 2 N–H and O–H groups in total. The van der Waals surface area contributed by atoms with Crippen molar-refractivity contribution in [2.45, 2.75) is 33.1 Å². The molecule has 1 atom stereocenters. The van der Waals surface area contributed by atoms with Gasteiger partial charge in [-0.15, -0.1) is 0 Å². The average Bonchev–Trinajstić information content (AvgIpc) is 2.66. The van der Waals surface area contributed by atoms with E-state index in [0.29, 0.717) is 5.92 Å². The molecule has 0 radical (unpaired) electrons. The molecule has 0 aromatic heterocycles. The van der Waals surface area contributed by atoms with Gasteiger partial charge in [0.25, 0.3) is 0 Å². The standard InChI is InChI=1S/C18H23N/c1-4-17-13(2)12-16(14(17)3)10-7-9-15-8-5-6-11-18(15)19/h5-9,11,16H,3-4,10,12,19H2,1-2H3/b9-7-. The highest BCUT2D eigenvalue weighted by atomic mass is 14.5. The summed E-state index contributed by atoms with van der Waals surface area (Å²) in [4.78, 5) is 0. The number of allylic oxidation sites excluding steroid dienone is 4. The van der Waals surface area contributed by atoms with Crippen molar-refractivity contribution < 1.29 is 0 Å². The van der Waals surface area contributed by atoms with Crippen LogP contribution in [-0.4, -0.2) is 0 Å². The average molecular weight is 253 g/mol. The largest absolute Gasteiger partial charge is 0.398 e. The van der Waals surface area contributed by atoms with E-state index < -0.39 is 0 Å². The molecular formula is C18H23N. The highest BCUT2D eigenvalue weighted by Gasteiger charge is 2.23. The Balaban J connectivity index is 1.98. The Kier molecular flexibility index (Phi) is 4.26. The van der Waals surface area contributed by atoms with E-state index in [1.807, 2.05) is 18.2 Å². The van der Waals surface area contributed by atoms with E-state index in [4.69, 9.17) is 5.73 Å². The molecule has 0 saturated heterocycles. The Morgan fingerprint density at radius 1 is 1.37 bits per heavy atom. The number of hydrogen-bond donors (Lipinski definition) is 1. The second-order valence-corrected chi connectivity index (χ2v) is 5.31. The van der Waals surface area contributed by atoms with Crippen LogP contribution in [0.15, 0.2) is 53.6 Å². The molecule has 0 saturated carbocycles. The highest BCUT2D eigenvalue weighted by Crippen LogP contribution is 2.39. The van der Waals surface area contributed by atoms with Crippen molar-refractivity contribution in [2.75, 3.05) is 5.73 Å². The SMILES string of the molecule is C=C1C(CC)=C(C)CC1C/C=C\c1ccccc1N. The third-order valence-corrected chi connectivity index (χ3v) is 4.02. The van der Waals surface area contributed by atoms with Gasteiger partial charge in [-0.3, -0.25) is 0 Å². The Bertz CT molecular complexity index is 534. The third-order valence-electron chi connectivity index (χ3n) is 4.02. The summed E-state index contributed by atoms with van der Waals surface area (Å²) in [5, 5.41) is 0. The number of para-hydroxylation sites is 1. The summed E-state index contributed by atoms with van der Waals surface area (Å²) in [6.07, 6.45) is 7.68. The second kappa shape index (κ2) is 5.92. The first-order chi connectivity index (χ1) is 9.13. The molecule has 1 aliphatic rings. The predicted molar refractivity (Wildman–Crippen MR) is 84.7 cm³/mol. The van der Waals surface area contributed by atoms with Gasteiger partial charge in [-0.05, 0) is 54.9 Å². The minimum absolute atomic E-state index is 0.580. The van der Waals surface area contributed by atoms with Crippen molar-refractivity contribution in [1.82, 2.24) is 0 Å². The van der Waals surface area contributed by atoms with Crippen LogP contribution in [0.5, 0.6) is 0 Å². The minimum Gasteiger partial charge on any atom is -0.398 e. The van der Waals surface area contributed by atoms with Gasteiger partial charge in [0, 0.05) is 5.69 Å². The summed E-state index contributed by atoms with van der Waals surface area (Å²) in [5.41, 5.74) is 12.2. The normalized spacial score (nSPS) is 19.7. The molecule has 0 aliphatic heterocycles. The van der Waals surface area contributed by atoms with Gasteiger partial charge in [0.1, 0.15) is 0 Å². The number of nitrogens with two attached hydrogens (primary N) is 1. The fourth-order valence-electron chi connectivity index (χ4n) is 2.91. The Morgan fingerprint density at radius 2 is 2.11 bits per heavy atom. The van der Waals surface area contributed by atoms with Crippen molar-refractivity contribution in [3.05, 3.63) is 59.2 Å². The Morgan fingerprint density at radius 3 is 2.74 bits per heavy atom. The van der Waals surface area contributed by atoms with Gasteiger partial charge in [-0.25, -0.2) is 0 Å². The summed E-state index contributed by atoms with van der Waals surface area (Å²) < 4.78 is 0. The molecule has 1 nitrogen and oxygen atoms in total. The van der Waals surface area contributed by atoms with E-state index in [0.717, 1.165) is 30.5 Å². The highest BCUT2D eigenvalue weighted by molar-refractivity contribution is 5.64. The van der Waals surface area contributed by atoms with Crippen LogP contribution >= 0.6 is 0 Å². The van der Waals surface area contributed by atoms with Crippen molar-refractivity contribution >= 4 is 11.8 Å². The van der Waals surface area contributed by atoms with Crippen LogP contribution in [0.25, 0.3) is 6.08 Å². The molecular weight excluding hydrogens is 230 g/mol. The molecule has 19 heavy (non-hydrogen) atoms.